The predicted octanol–water partition coefficient (Wildman–Crippen LogP) is 4.59. The van der Waals surface area contributed by atoms with Crippen molar-refractivity contribution < 1.29 is 61.9 Å². The second kappa shape index (κ2) is 27.4. The molecule has 2 atom stereocenters. The summed E-state index contributed by atoms with van der Waals surface area (Å²) < 4.78 is 36.3. The molecule has 0 spiro atoms. The zero-order valence-electron chi connectivity index (χ0n) is 28.6. The molecule has 0 aliphatic heterocycles. The van der Waals surface area contributed by atoms with Crippen LogP contribution in [-0.4, -0.2) is 88.7 Å². The lowest BCUT2D eigenvalue weighted by Gasteiger charge is -2.18. The minimum atomic E-state index is -1.30. The van der Waals surface area contributed by atoms with Gasteiger partial charge in [-0.15, -0.1) is 0 Å². The summed E-state index contributed by atoms with van der Waals surface area (Å²) in [5, 5.41) is 0. The third-order valence-corrected chi connectivity index (χ3v) is 6.60. The molecule has 0 aromatic heterocycles. The van der Waals surface area contributed by atoms with Crippen molar-refractivity contribution >= 4 is 35.8 Å². The second-order valence-electron chi connectivity index (χ2n) is 10.6. The fourth-order valence-electron chi connectivity index (χ4n) is 3.60. The first-order valence-electron chi connectivity index (χ1n) is 16.5. The van der Waals surface area contributed by atoms with Crippen LogP contribution in [0.3, 0.4) is 0 Å². The Bertz CT molecular complexity index is 926. The molecule has 0 aromatic carbocycles. The van der Waals surface area contributed by atoms with Crippen LogP contribution in [0.4, 0.5) is 0 Å². The highest BCUT2D eigenvalue weighted by atomic mass is 16.6. The van der Waals surface area contributed by atoms with Gasteiger partial charge in [0.25, 0.3) is 0 Å². The molecule has 0 heterocycles. The van der Waals surface area contributed by atoms with Gasteiger partial charge < -0.3 is 33.2 Å². The van der Waals surface area contributed by atoms with Crippen molar-refractivity contribution in [3.8, 4) is 0 Å². The summed E-state index contributed by atoms with van der Waals surface area (Å²) in [6, 6.07) is 0. The maximum absolute atomic E-state index is 12.8. The number of carbonyl (C=O) groups excluding carboxylic acids is 6. The Labute approximate surface area is 278 Å². The van der Waals surface area contributed by atoms with Gasteiger partial charge >= 0.3 is 35.8 Å². The topological polar surface area (TPSA) is 167 Å². The minimum absolute atomic E-state index is 0.103. The molecule has 0 aliphatic rings. The Kier molecular flexibility index (Phi) is 25.2. The van der Waals surface area contributed by atoms with E-state index in [1.165, 1.54) is 0 Å². The van der Waals surface area contributed by atoms with Crippen molar-refractivity contribution in [3.05, 3.63) is 24.3 Å². The van der Waals surface area contributed by atoms with Gasteiger partial charge in [-0.2, -0.15) is 0 Å². The van der Waals surface area contributed by atoms with E-state index < -0.39 is 60.5 Å². The van der Waals surface area contributed by atoms with Gasteiger partial charge in [-0.25, -0.2) is 9.59 Å². The van der Waals surface area contributed by atoms with Crippen LogP contribution < -0.4 is 0 Å². The van der Waals surface area contributed by atoms with E-state index >= 15 is 0 Å². The minimum Gasteiger partial charge on any atom is -0.466 e. The molecule has 0 saturated carbocycles. The third-order valence-electron chi connectivity index (χ3n) is 6.60. The summed E-state index contributed by atoms with van der Waals surface area (Å²) >= 11 is 0. The predicted molar refractivity (Wildman–Crippen MR) is 171 cm³/mol. The molecule has 0 fully saturated rings. The maximum atomic E-state index is 12.8. The van der Waals surface area contributed by atoms with Crippen LogP contribution in [0.5, 0.6) is 0 Å². The molecule has 13 nitrogen and oxygen atoms in total. The lowest BCUT2D eigenvalue weighted by atomic mass is 9.97. The van der Waals surface area contributed by atoms with Crippen LogP contribution in [0.2, 0.25) is 0 Å². The van der Waals surface area contributed by atoms with E-state index in [2.05, 4.69) is 13.2 Å². The summed E-state index contributed by atoms with van der Waals surface area (Å²) in [5.41, 5.74) is -0.433. The summed E-state index contributed by atoms with van der Waals surface area (Å²) in [6.07, 6.45) is 4.91. The quantitative estimate of drug-likeness (QED) is 0.0491. The van der Waals surface area contributed by atoms with Gasteiger partial charge in [-0.1, -0.05) is 66.5 Å². The lowest BCUT2D eigenvalue weighted by molar-refractivity contribution is -0.158. The molecule has 0 N–H and O–H groups in total. The lowest BCUT2D eigenvalue weighted by Crippen LogP contribution is -2.29. The van der Waals surface area contributed by atoms with Crippen molar-refractivity contribution in [1.82, 2.24) is 0 Å². The fraction of sp³-hybridized carbons (Fsp3) is 0.706. The Morgan fingerprint density at radius 2 is 0.766 bits per heavy atom. The van der Waals surface area contributed by atoms with Crippen molar-refractivity contribution in [2.45, 2.75) is 91.9 Å². The van der Waals surface area contributed by atoms with Crippen molar-refractivity contribution in [1.29, 1.82) is 0 Å². The van der Waals surface area contributed by atoms with Crippen LogP contribution in [0.1, 0.15) is 91.9 Å². The van der Waals surface area contributed by atoms with Crippen LogP contribution >= 0.6 is 0 Å². The van der Waals surface area contributed by atoms with Crippen molar-refractivity contribution in [3.63, 3.8) is 0 Å². The number of esters is 6. The molecule has 0 saturated heterocycles. The molecule has 268 valence electrons. The van der Waals surface area contributed by atoms with Crippen LogP contribution in [0, 0.1) is 11.8 Å². The summed E-state index contributed by atoms with van der Waals surface area (Å²) in [5.74, 6) is -7.30. The maximum Gasteiger partial charge on any atom is 0.334 e. The average molecular weight is 671 g/mol. The first-order chi connectivity index (χ1) is 22.5. The number of hydrogen-bond acceptors (Lipinski definition) is 13. The number of rotatable bonds is 28. The normalized spacial score (nSPS) is 11.8. The molecule has 13 heteroatoms. The van der Waals surface area contributed by atoms with Crippen LogP contribution in [-0.2, 0) is 61.9 Å². The molecule has 0 aromatic rings. The number of ether oxygens (including phenoxy) is 7. The SMILES string of the molecule is C=C(C(=O)OCCCC)C(CC(=O)OCCCC)C(=O)OCCOCCOC(=O)C(CC(=O)OCCCC)C(=C)C(=O)OCCCC. The van der Waals surface area contributed by atoms with Crippen molar-refractivity contribution in [2.75, 3.05) is 52.9 Å². The zero-order valence-corrected chi connectivity index (χ0v) is 28.6. The molecular formula is C34H54O13. The highest BCUT2D eigenvalue weighted by Gasteiger charge is 2.33. The monoisotopic (exact) mass is 670 g/mol. The van der Waals surface area contributed by atoms with Gasteiger partial charge in [-0.3, -0.25) is 19.2 Å². The highest BCUT2D eigenvalue weighted by molar-refractivity contribution is 5.97. The first-order valence-corrected chi connectivity index (χ1v) is 16.5. The molecule has 0 radical (unpaired) electrons. The average Bonchev–Trinajstić information content (AvgIpc) is 3.05. The molecule has 47 heavy (non-hydrogen) atoms. The third kappa shape index (κ3) is 20.2. The Morgan fingerprint density at radius 1 is 0.447 bits per heavy atom. The highest BCUT2D eigenvalue weighted by Crippen LogP contribution is 2.20. The van der Waals surface area contributed by atoms with E-state index in [1.54, 1.807) is 0 Å². The smallest absolute Gasteiger partial charge is 0.334 e. The van der Waals surface area contributed by atoms with E-state index in [0.717, 1.165) is 25.7 Å². The summed E-state index contributed by atoms with van der Waals surface area (Å²) in [6.45, 7) is 15.0. The van der Waals surface area contributed by atoms with E-state index in [1.807, 2.05) is 27.7 Å². The zero-order chi connectivity index (χ0) is 35.5. The standard InChI is InChI=1S/C34H54O13/c1-7-11-15-42-29(35)23-27(25(5)31(37)44-17-13-9-3)33(39)46-21-19-41-20-22-47-34(40)28(24-30(36)43-16-12-8-2)26(6)32(38)45-18-14-10-4/h27-28H,5-24H2,1-4H3. The second-order valence-corrected chi connectivity index (χ2v) is 10.6. The van der Waals surface area contributed by atoms with E-state index in [4.69, 9.17) is 33.2 Å². The first kappa shape index (κ1) is 43.3. The van der Waals surface area contributed by atoms with Crippen molar-refractivity contribution in [2.24, 2.45) is 11.8 Å². The van der Waals surface area contributed by atoms with Gasteiger partial charge in [-0.05, 0) is 25.7 Å². The van der Waals surface area contributed by atoms with E-state index in [0.29, 0.717) is 25.7 Å². The number of unbranched alkanes of at least 4 members (excludes halogenated alkanes) is 4. The molecule has 0 rings (SSSR count). The molecular weight excluding hydrogens is 616 g/mol. The Hall–Kier alpha value is -3.74. The summed E-state index contributed by atoms with van der Waals surface area (Å²) in [4.78, 5) is 75.0. The van der Waals surface area contributed by atoms with Gasteiger partial charge in [0.15, 0.2) is 0 Å². The molecule has 0 amide bonds. The fourth-order valence-corrected chi connectivity index (χ4v) is 3.60. The van der Waals surface area contributed by atoms with E-state index in [-0.39, 0.29) is 64.0 Å². The van der Waals surface area contributed by atoms with Gasteiger partial charge in [0.05, 0.1) is 64.3 Å². The van der Waals surface area contributed by atoms with Gasteiger partial charge in [0.2, 0.25) is 0 Å². The molecule has 0 bridgehead atoms. The Balaban J connectivity index is 4.98. The van der Waals surface area contributed by atoms with Crippen LogP contribution in [0.15, 0.2) is 24.3 Å². The van der Waals surface area contributed by atoms with Crippen LogP contribution in [0.25, 0.3) is 0 Å². The molecule has 0 aliphatic carbocycles. The van der Waals surface area contributed by atoms with E-state index in [9.17, 15) is 28.8 Å². The summed E-state index contributed by atoms with van der Waals surface area (Å²) in [7, 11) is 0. The van der Waals surface area contributed by atoms with Gasteiger partial charge in [0, 0.05) is 11.1 Å². The van der Waals surface area contributed by atoms with Gasteiger partial charge in [0.1, 0.15) is 13.2 Å². The molecule has 2 unspecified atom stereocenters. The largest absolute Gasteiger partial charge is 0.466 e. The Morgan fingerprint density at radius 3 is 1.09 bits per heavy atom. The number of carbonyl (C=O) groups is 6. The number of hydrogen-bond donors (Lipinski definition) is 0.